The van der Waals surface area contributed by atoms with Gasteiger partial charge in [-0.2, -0.15) is 0 Å². The van der Waals surface area contributed by atoms with Gasteiger partial charge in [-0.15, -0.1) is 0 Å². The molecule has 1 unspecified atom stereocenters. The quantitative estimate of drug-likeness (QED) is 0.820. The van der Waals surface area contributed by atoms with Gasteiger partial charge in [0.15, 0.2) is 0 Å². The molecular weight excluding hydrogens is 196 g/mol. The van der Waals surface area contributed by atoms with Crippen LogP contribution in [0.1, 0.15) is 19.4 Å². The summed E-state index contributed by atoms with van der Waals surface area (Å²) in [5.41, 5.74) is 2.60. The highest BCUT2D eigenvalue weighted by atomic mass is 15.1. The maximum absolute atomic E-state index is 3.37. The van der Waals surface area contributed by atoms with E-state index in [-0.39, 0.29) is 0 Å². The van der Waals surface area contributed by atoms with E-state index < -0.39 is 0 Å². The fourth-order valence-corrected chi connectivity index (χ4v) is 1.84. The highest BCUT2D eigenvalue weighted by Gasteiger charge is 2.13. The third-order valence-electron chi connectivity index (χ3n) is 3.12. The summed E-state index contributed by atoms with van der Waals surface area (Å²) in [5, 5.41) is 3.37. The zero-order valence-electron chi connectivity index (χ0n) is 11.1. The van der Waals surface area contributed by atoms with E-state index in [0.717, 1.165) is 6.54 Å². The minimum atomic E-state index is 0.534. The van der Waals surface area contributed by atoms with Crippen molar-refractivity contribution < 1.29 is 0 Å². The van der Waals surface area contributed by atoms with Crippen molar-refractivity contribution in [3.63, 3.8) is 0 Å². The van der Waals surface area contributed by atoms with Gasteiger partial charge in [0.25, 0.3) is 0 Å². The number of hydrogen-bond acceptors (Lipinski definition) is 2. The van der Waals surface area contributed by atoms with Crippen molar-refractivity contribution in [2.75, 3.05) is 25.5 Å². The van der Waals surface area contributed by atoms with Crippen LogP contribution < -0.4 is 10.2 Å². The van der Waals surface area contributed by atoms with Crippen LogP contribution in [0.2, 0.25) is 0 Å². The Hall–Kier alpha value is -1.02. The lowest BCUT2D eigenvalue weighted by atomic mass is 10.0. The lowest BCUT2D eigenvalue weighted by molar-refractivity contribution is 0.429. The summed E-state index contributed by atoms with van der Waals surface area (Å²) in [5.74, 6) is 0.651. The Labute approximate surface area is 99.7 Å². The maximum Gasteiger partial charge on any atom is 0.0364 e. The molecule has 16 heavy (non-hydrogen) atoms. The summed E-state index contributed by atoms with van der Waals surface area (Å²) >= 11 is 0. The second-order valence-corrected chi connectivity index (χ2v) is 4.86. The Morgan fingerprint density at radius 1 is 1.19 bits per heavy atom. The number of nitrogens with one attached hydrogen (secondary N) is 1. The maximum atomic E-state index is 3.37. The molecule has 0 amide bonds. The van der Waals surface area contributed by atoms with Crippen molar-refractivity contribution in [3.05, 3.63) is 29.8 Å². The van der Waals surface area contributed by atoms with Crippen LogP contribution in [0.3, 0.4) is 0 Å². The minimum absolute atomic E-state index is 0.534. The van der Waals surface area contributed by atoms with Gasteiger partial charge >= 0.3 is 0 Å². The molecule has 1 aromatic rings. The predicted molar refractivity (Wildman–Crippen MR) is 72.1 cm³/mol. The second-order valence-electron chi connectivity index (χ2n) is 4.86. The molecule has 0 radical (unpaired) electrons. The number of anilines is 1. The third-order valence-corrected chi connectivity index (χ3v) is 3.12. The molecule has 0 saturated carbocycles. The Morgan fingerprint density at radius 3 is 2.19 bits per heavy atom. The standard InChI is InChI=1S/C14H24N2/c1-11(2)14(15-4)10-16(5)13-8-6-12(3)7-9-13/h6-9,11,14-15H,10H2,1-5H3. The van der Waals surface area contributed by atoms with Gasteiger partial charge in [-0.3, -0.25) is 0 Å². The molecule has 2 nitrogen and oxygen atoms in total. The van der Waals surface area contributed by atoms with E-state index in [1.54, 1.807) is 0 Å². The number of rotatable bonds is 5. The van der Waals surface area contributed by atoms with E-state index in [2.05, 4.69) is 62.3 Å². The summed E-state index contributed by atoms with van der Waals surface area (Å²) < 4.78 is 0. The monoisotopic (exact) mass is 220 g/mol. The van der Waals surface area contributed by atoms with Crippen molar-refractivity contribution in [1.29, 1.82) is 0 Å². The van der Waals surface area contributed by atoms with Crippen molar-refractivity contribution in [3.8, 4) is 0 Å². The van der Waals surface area contributed by atoms with Gasteiger partial charge in [0.1, 0.15) is 0 Å². The molecule has 0 aliphatic carbocycles. The Kier molecular flexibility index (Phi) is 4.81. The van der Waals surface area contributed by atoms with Gasteiger partial charge in [-0.25, -0.2) is 0 Å². The molecule has 0 bridgehead atoms. The predicted octanol–water partition coefficient (Wildman–Crippen LogP) is 2.68. The molecule has 90 valence electrons. The van der Waals surface area contributed by atoms with Crippen LogP contribution in [-0.2, 0) is 0 Å². The molecule has 0 aromatic heterocycles. The summed E-state index contributed by atoms with van der Waals surface area (Å²) in [6.45, 7) is 7.67. The highest BCUT2D eigenvalue weighted by Crippen LogP contribution is 2.15. The first-order valence-electron chi connectivity index (χ1n) is 5.99. The Bertz CT molecular complexity index is 303. The van der Waals surface area contributed by atoms with Gasteiger partial charge in [0.2, 0.25) is 0 Å². The van der Waals surface area contributed by atoms with Crippen LogP contribution in [0.4, 0.5) is 5.69 Å². The molecule has 0 aliphatic rings. The molecule has 0 spiro atoms. The minimum Gasteiger partial charge on any atom is -0.373 e. The molecule has 0 fully saturated rings. The van der Waals surface area contributed by atoms with Gasteiger partial charge in [-0.05, 0) is 32.0 Å². The van der Waals surface area contributed by atoms with Crippen molar-refractivity contribution in [2.24, 2.45) is 5.92 Å². The van der Waals surface area contributed by atoms with E-state index in [4.69, 9.17) is 0 Å². The Morgan fingerprint density at radius 2 is 1.75 bits per heavy atom. The van der Waals surface area contributed by atoms with Crippen LogP contribution in [0.15, 0.2) is 24.3 Å². The molecule has 1 atom stereocenters. The van der Waals surface area contributed by atoms with Crippen LogP contribution in [0, 0.1) is 12.8 Å². The van der Waals surface area contributed by atoms with Crippen molar-refractivity contribution in [1.82, 2.24) is 5.32 Å². The van der Waals surface area contributed by atoms with Crippen molar-refractivity contribution in [2.45, 2.75) is 26.8 Å². The normalized spacial score (nSPS) is 12.9. The van der Waals surface area contributed by atoms with Gasteiger partial charge in [0.05, 0.1) is 0 Å². The molecule has 1 rings (SSSR count). The van der Waals surface area contributed by atoms with Crippen LogP contribution >= 0.6 is 0 Å². The molecule has 2 heteroatoms. The van der Waals surface area contributed by atoms with Gasteiger partial charge in [0, 0.05) is 25.3 Å². The zero-order chi connectivity index (χ0) is 12.1. The summed E-state index contributed by atoms with van der Waals surface area (Å²) in [6.07, 6.45) is 0. The number of nitrogens with zero attached hydrogens (tertiary/aromatic N) is 1. The zero-order valence-corrected chi connectivity index (χ0v) is 11.1. The molecule has 1 aromatic carbocycles. The first-order valence-corrected chi connectivity index (χ1v) is 5.99. The fourth-order valence-electron chi connectivity index (χ4n) is 1.84. The second kappa shape index (κ2) is 5.90. The fraction of sp³-hybridized carbons (Fsp3) is 0.571. The average Bonchev–Trinajstić information content (AvgIpc) is 2.26. The SMILES string of the molecule is CNC(CN(C)c1ccc(C)cc1)C(C)C. The number of likely N-dealkylation sites (N-methyl/N-ethyl adjacent to an activating group) is 2. The lowest BCUT2D eigenvalue weighted by Gasteiger charge is -2.28. The van der Waals surface area contributed by atoms with E-state index >= 15 is 0 Å². The number of hydrogen-bond donors (Lipinski definition) is 1. The smallest absolute Gasteiger partial charge is 0.0364 e. The Balaban J connectivity index is 2.64. The summed E-state index contributed by atoms with van der Waals surface area (Å²) in [6, 6.07) is 9.22. The topological polar surface area (TPSA) is 15.3 Å². The summed E-state index contributed by atoms with van der Waals surface area (Å²) in [7, 11) is 4.19. The van der Waals surface area contributed by atoms with Crippen molar-refractivity contribution >= 4 is 5.69 Å². The number of benzene rings is 1. The first-order chi connectivity index (χ1) is 7.54. The van der Waals surface area contributed by atoms with Crippen LogP contribution in [0.25, 0.3) is 0 Å². The van der Waals surface area contributed by atoms with Crippen LogP contribution in [0.5, 0.6) is 0 Å². The van der Waals surface area contributed by atoms with Gasteiger partial charge in [-0.1, -0.05) is 31.5 Å². The van der Waals surface area contributed by atoms with Gasteiger partial charge < -0.3 is 10.2 Å². The molecule has 0 aliphatic heterocycles. The molecule has 0 saturated heterocycles. The third kappa shape index (κ3) is 3.53. The number of aryl methyl sites for hydroxylation is 1. The van der Waals surface area contributed by atoms with E-state index in [1.807, 2.05) is 7.05 Å². The molecule has 1 N–H and O–H groups in total. The lowest BCUT2D eigenvalue weighted by Crippen LogP contribution is -2.41. The summed E-state index contributed by atoms with van der Waals surface area (Å²) in [4.78, 5) is 2.31. The largest absolute Gasteiger partial charge is 0.373 e. The molecular formula is C14H24N2. The highest BCUT2D eigenvalue weighted by molar-refractivity contribution is 5.46. The van der Waals surface area contributed by atoms with E-state index in [1.165, 1.54) is 11.3 Å². The van der Waals surface area contributed by atoms with E-state index in [0.29, 0.717) is 12.0 Å². The molecule has 0 heterocycles. The average molecular weight is 220 g/mol. The van der Waals surface area contributed by atoms with E-state index in [9.17, 15) is 0 Å². The van der Waals surface area contributed by atoms with Crippen LogP contribution in [-0.4, -0.2) is 26.7 Å². The first kappa shape index (κ1) is 13.0.